The summed E-state index contributed by atoms with van der Waals surface area (Å²) in [5.74, 6) is 0.890. The minimum atomic E-state index is -4.11. The molecular formula is C16H23F3N2OS. The fourth-order valence-corrected chi connectivity index (χ4v) is 3.46. The number of thioether (sulfide) groups is 1. The van der Waals surface area contributed by atoms with Crippen molar-refractivity contribution in [1.29, 1.82) is 0 Å². The normalized spacial score (nSPS) is 17.4. The minimum Gasteiger partial charge on any atom is -0.396 e. The lowest BCUT2D eigenvalue weighted by Gasteiger charge is -2.33. The van der Waals surface area contributed by atoms with Crippen molar-refractivity contribution in [2.24, 2.45) is 0 Å². The molecular weight excluding hydrogens is 325 g/mol. The van der Waals surface area contributed by atoms with Crippen LogP contribution in [-0.2, 0) is 0 Å². The van der Waals surface area contributed by atoms with Crippen LogP contribution in [0.3, 0.4) is 0 Å². The van der Waals surface area contributed by atoms with E-state index in [9.17, 15) is 13.2 Å². The molecule has 1 fully saturated rings. The van der Waals surface area contributed by atoms with Gasteiger partial charge in [0.05, 0.1) is 6.54 Å². The second-order valence-corrected chi connectivity index (χ2v) is 6.93. The molecule has 2 rings (SSSR count). The van der Waals surface area contributed by atoms with Crippen LogP contribution in [0.2, 0.25) is 0 Å². The number of alkyl halides is 3. The zero-order valence-electron chi connectivity index (χ0n) is 13.0. The molecule has 0 saturated carbocycles. The second-order valence-electron chi connectivity index (χ2n) is 5.76. The van der Waals surface area contributed by atoms with Crippen LogP contribution in [0.15, 0.2) is 29.2 Å². The van der Waals surface area contributed by atoms with Crippen LogP contribution in [0.1, 0.15) is 19.3 Å². The third kappa shape index (κ3) is 7.01. The Morgan fingerprint density at radius 1 is 1.17 bits per heavy atom. The van der Waals surface area contributed by atoms with Crippen LogP contribution in [0.5, 0.6) is 0 Å². The van der Waals surface area contributed by atoms with Crippen molar-refractivity contribution in [2.75, 3.05) is 37.3 Å². The number of nitrogens with zero attached hydrogens (tertiary/aromatic N) is 1. The Morgan fingerprint density at radius 2 is 1.83 bits per heavy atom. The molecule has 1 aromatic rings. The minimum absolute atomic E-state index is 0.208. The van der Waals surface area contributed by atoms with Gasteiger partial charge in [-0.05, 0) is 43.5 Å². The van der Waals surface area contributed by atoms with Gasteiger partial charge in [-0.15, -0.1) is 11.8 Å². The van der Waals surface area contributed by atoms with Gasteiger partial charge in [0.2, 0.25) is 0 Å². The third-order valence-electron chi connectivity index (χ3n) is 3.79. The maximum Gasteiger partial charge on any atom is 0.401 e. The SMILES string of the molecule is OCCCSc1ccc(NC2CCN(CC(F)(F)F)CC2)cc1. The quantitative estimate of drug-likeness (QED) is 0.583. The standard InChI is InChI=1S/C16H23F3N2OS/c17-16(18,19)12-21-8-6-14(7-9-21)20-13-2-4-15(5-3-13)23-11-1-10-22/h2-5,14,20,22H,1,6-12H2. The number of benzene rings is 1. The van der Waals surface area contributed by atoms with E-state index in [0.29, 0.717) is 13.1 Å². The van der Waals surface area contributed by atoms with Crippen molar-refractivity contribution in [1.82, 2.24) is 4.90 Å². The monoisotopic (exact) mass is 348 g/mol. The van der Waals surface area contributed by atoms with E-state index in [4.69, 9.17) is 5.11 Å². The number of anilines is 1. The van der Waals surface area contributed by atoms with Crippen LogP contribution in [0, 0.1) is 0 Å². The van der Waals surface area contributed by atoms with E-state index in [-0.39, 0.29) is 12.6 Å². The summed E-state index contributed by atoms with van der Waals surface area (Å²) in [7, 11) is 0. The average molecular weight is 348 g/mol. The van der Waals surface area contributed by atoms with E-state index in [1.807, 2.05) is 24.3 Å². The van der Waals surface area contributed by atoms with Gasteiger partial charge in [-0.25, -0.2) is 0 Å². The first-order valence-electron chi connectivity index (χ1n) is 7.85. The summed E-state index contributed by atoms with van der Waals surface area (Å²) in [6, 6.07) is 8.30. The number of aliphatic hydroxyl groups excluding tert-OH is 1. The van der Waals surface area contributed by atoms with Crippen LogP contribution in [0.25, 0.3) is 0 Å². The van der Waals surface area contributed by atoms with E-state index in [0.717, 1.165) is 35.6 Å². The summed E-state index contributed by atoms with van der Waals surface area (Å²) in [5, 5.41) is 12.2. The van der Waals surface area contributed by atoms with Crippen molar-refractivity contribution in [3.8, 4) is 0 Å². The lowest BCUT2D eigenvalue weighted by Crippen LogP contribution is -2.43. The molecule has 23 heavy (non-hydrogen) atoms. The fraction of sp³-hybridized carbons (Fsp3) is 0.625. The summed E-state index contributed by atoms with van der Waals surface area (Å²) in [6.45, 7) is 0.359. The molecule has 1 aromatic carbocycles. The van der Waals surface area contributed by atoms with Crippen LogP contribution >= 0.6 is 11.8 Å². The summed E-state index contributed by atoms with van der Waals surface area (Å²) in [5.41, 5.74) is 1.01. The number of hydrogen-bond donors (Lipinski definition) is 2. The molecule has 130 valence electrons. The number of halogens is 3. The predicted molar refractivity (Wildman–Crippen MR) is 88.0 cm³/mol. The van der Waals surface area contributed by atoms with E-state index >= 15 is 0 Å². The Morgan fingerprint density at radius 3 is 2.39 bits per heavy atom. The van der Waals surface area contributed by atoms with Crippen molar-refractivity contribution >= 4 is 17.4 Å². The Kier molecular flexibility index (Phi) is 7.05. The molecule has 0 radical (unpaired) electrons. The van der Waals surface area contributed by atoms with Gasteiger partial charge in [-0.2, -0.15) is 13.2 Å². The Bertz CT molecular complexity index is 459. The Labute approximate surface area is 139 Å². The largest absolute Gasteiger partial charge is 0.401 e. The van der Waals surface area contributed by atoms with Crippen molar-refractivity contribution in [3.05, 3.63) is 24.3 Å². The molecule has 0 bridgehead atoms. The summed E-state index contributed by atoms with van der Waals surface area (Å²) < 4.78 is 37.1. The van der Waals surface area contributed by atoms with Crippen LogP contribution in [-0.4, -0.2) is 54.2 Å². The summed E-state index contributed by atoms with van der Waals surface area (Å²) in [6.07, 6.45) is -1.88. The highest BCUT2D eigenvalue weighted by molar-refractivity contribution is 7.99. The Hall–Kier alpha value is -0.920. The molecule has 0 aliphatic carbocycles. The van der Waals surface area contributed by atoms with Crippen molar-refractivity contribution in [2.45, 2.75) is 36.4 Å². The van der Waals surface area contributed by atoms with E-state index < -0.39 is 12.7 Å². The van der Waals surface area contributed by atoms with Crippen molar-refractivity contribution < 1.29 is 18.3 Å². The first-order chi connectivity index (χ1) is 11.0. The molecule has 0 spiro atoms. The molecule has 1 heterocycles. The molecule has 2 N–H and O–H groups in total. The first-order valence-corrected chi connectivity index (χ1v) is 8.84. The molecule has 1 aliphatic heterocycles. The van der Waals surface area contributed by atoms with Gasteiger partial charge < -0.3 is 10.4 Å². The molecule has 0 amide bonds. The zero-order chi connectivity index (χ0) is 16.7. The lowest BCUT2D eigenvalue weighted by molar-refractivity contribution is -0.147. The summed E-state index contributed by atoms with van der Waals surface area (Å²) in [4.78, 5) is 2.63. The van der Waals surface area contributed by atoms with Crippen LogP contribution in [0.4, 0.5) is 18.9 Å². The molecule has 7 heteroatoms. The van der Waals surface area contributed by atoms with E-state index in [1.165, 1.54) is 4.90 Å². The zero-order valence-corrected chi connectivity index (χ0v) is 13.8. The van der Waals surface area contributed by atoms with Gasteiger partial charge in [0.15, 0.2) is 0 Å². The molecule has 3 nitrogen and oxygen atoms in total. The fourth-order valence-electron chi connectivity index (χ4n) is 2.63. The first kappa shape index (κ1) is 18.4. The van der Waals surface area contributed by atoms with Gasteiger partial charge in [0, 0.05) is 42.1 Å². The number of likely N-dealkylation sites (tertiary alicyclic amines) is 1. The molecule has 0 atom stereocenters. The molecule has 1 aliphatic rings. The van der Waals surface area contributed by atoms with Gasteiger partial charge in [0.1, 0.15) is 0 Å². The van der Waals surface area contributed by atoms with Gasteiger partial charge in [-0.3, -0.25) is 4.90 Å². The maximum atomic E-state index is 12.4. The molecule has 1 saturated heterocycles. The second kappa shape index (κ2) is 8.80. The maximum absolute atomic E-state index is 12.4. The van der Waals surface area contributed by atoms with Gasteiger partial charge in [0.25, 0.3) is 0 Å². The summed E-state index contributed by atoms with van der Waals surface area (Å²) >= 11 is 1.70. The topological polar surface area (TPSA) is 35.5 Å². The average Bonchev–Trinajstić information content (AvgIpc) is 2.50. The van der Waals surface area contributed by atoms with Gasteiger partial charge in [-0.1, -0.05) is 0 Å². The lowest BCUT2D eigenvalue weighted by atomic mass is 10.0. The third-order valence-corrected chi connectivity index (χ3v) is 4.89. The smallest absolute Gasteiger partial charge is 0.396 e. The number of rotatable bonds is 7. The van der Waals surface area contributed by atoms with Crippen LogP contribution < -0.4 is 5.32 Å². The molecule has 0 unspecified atom stereocenters. The highest BCUT2D eigenvalue weighted by atomic mass is 32.2. The van der Waals surface area contributed by atoms with Gasteiger partial charge >= 0.3 is 6.18 Å². The van der Waals surface area contributed by atoms with E-state index in [1.54, 1.807) is 11.8 Å². The number of nitrogens with one attached hydrogen (secondary N) is 1. The Balaban J connectivity index is 1.73. The highest BCUT2D eigenvalue weighted by Gasteiger charge is 2.32. The number of piperidine rings is 1. The highest BCUT2D eigenvalue weighted by Crippen LogP contribution is 2.24. The number of aliphatic hydroxyl groups is 1. The molecule has 0 aromatic heterocycles. The van der Waals surface area contributed by atoms with Crippen molar-refractivity contribution in [3.63, 3.8) is 0 Å². The van der Waals surface area contributed by atoms with E-state index in [2.05, 4.69) is 5.32 Å². The predicted octanol–water partition coefficient (Wildman–Crippen LogP) is 3.60. The number of hydrogen-bond acceptors (Lipinski definition) is 4.